The topological polar surface area (TPSA) is 117 Å². The first-order valence-electron chi connectivity index (χ1n) is 15.4. The number of aromatic carboxylic acids is 1. The summed E-state index contributed by atoms with van der Waals surface area (Å²) in [4.78, 5) is 25.6. The number of ether oxygens (including phenoxy) is 1. The van der Waals surface area contributed by atoms with Gasteiger partial charge in [0, 0.05) is 17.5 Å². The van der Waals surface area contributed by atoms with Gasteiger partial charge in [0.15, 0.2) is 39.2 Å². The first-order chi connectivity index (χ1) is 22.8. The van der Waals surface area contributed by atoms with E-state index in [1.165, 1.54) is 48.0 Å². The number of carboxylic acid groups (broad SMARTS) is 1. The molecule has 242 valence electrons. The summed E-state index contributed by atoms with van der Waals surface area (Å²) in [6.07, 6.45) is 4.57. The summed E-state index contributed by atoms with van der Waals surface area (Å²) >= 11 is 2.80. The van der Waals surface area contributed by atoms with Crippen molar-refractivity contribution in [2.75, 3.05) is 43.5 Å². The van der Waals surface area contributed by atoms with Crippen molar-refractivity contribution >= 4 is 60.8 Å². The fraction of sp³-hybridized carbons (Fsp3) is 0.324. The fourth-order valence-corrected chi connectivity index (χ4v) is 7.11. The van der Waals surface area contributed by atoms with Gasteiger partial charge >= 0.3 is 5.97 Å². The predicted molar refractivity (Wildman–Crippen MR) is 184 cm³/mol. The molecule has 10 nitrogen and oxygen atoms in total. The van der Waals surface area contributed by atoms with Crippen LogP contribution >= 0.6 is 22.7 Å². The molecule has 0 radical (unpaired) electrons. The lowest BCUT2D eigenvalue weighted by Crippen LogP contribution is -2.29. The minimum atomic E-state index is -1.11. The van der Waals surface area contributed by atoms with Crippen LogP contribution in [0.5, 0.6) is 5.75 Å². The van der Waals surface area contributed by atoms with Crippen molar-refractivity contribution in [2.45, 2.75) is 39.0 Å². The molecular formula is C34H34FN7O3S2. The molecule has 2 aromatic carbocycles. The Hall–Kier alpha value is -4.64. The van der Waals surface area contributed by atoms with Gasteiger partial charge < -0.3 is 20.1 Å². The summed E-state index contributed by atoms with van der Waals surface area (Å²) in [5.74, 6) is 5.85. The highest BCUT2D eigenvalue weighted by Gasteiger charge is 2.21. The van der Waals surface area contributed by atoms with Crippen molar-refractivity contribution in [3.63, 3.8) is 0 Å². The Morgan fingerprint density at radius 2 is 1.94 bits per heavy atom. The zero-order valence-electron chi connectivity index (χ0n) is 26.1. The number of likely N-dealkylation sites (tertiary alicyclic amines) is 1. The summed E-state index contributed by atoms with van der Waals surface area (Å²) in [5, 5.41) is 23.0. The van der Waals surface area contributed by atoms with Crippen LogP contribution in [0.1, 0.15) is 52.2 Å². The van der Waals surface area contributed by atoms with Crippen molar-refractivity contribution in [1.29, 1.82) is 0 Å². The lowest BCUT2D eigenvalue weighted by atomic mass is 10.1. The number of benzene rings is 2. The van der Waals surface area contributed by atoms with Crippen LogP contribution in [0, 0.1) is 24.6 Å². The Kier molecular flexibility index (Phi) is 10.2. The summed E-state index contributed by atoms with van der Waals surface area (Å²) in [7, 11) is 1.77. The molecule has 1 fully saturated rings. The molecule has 4 heterocycles. The van der Waals surface area contributed by atoms with E-state index in [1.807, 2.05) is 37.3 Å². The zero-order valence-corrected chi connectivity index (χ0v) is 27.8. The molecule has 5 aromatic rings. The van der Waals surface area contributed by atoms with E-state index < -0.39 is 11.8 Å². The molecule has 1 saturated heterocycles. The second-order valence-electron chi connectivity index (χ2n) is 11.2. The summed E-state index contributed by atoms with van der Waals surface area (Å²) in [6, 6.07) is 14.5. The standard InChI is InChI=1S/C34H34FN7O3S2/c1-22-20-29(39-40-31(22)38-33-36-25-11-4-5-12-27(25)46-33)41(2)34-37-30(32(43)44)28(47-34)13-9-19-45-26-15-14-23(21-24(26)35)10-8-18-42-16-6-3-7-17-42/h4-5,11-12,14-15,20-21H,3,6-7,9,13,16-19H2,1-2H3,(H,43,44)(H,36,38,40). The molecule has 6 rings (SSSR count). The van der Waals surface area contributed by atoms with E-state index in [9.17, 15) is 14.3 Å². The van der Waals surface area contributed by atoms with Gasteiger partial charge in [-0.3, -0.25) is 4.90 Å². The number of piperidine rings is 1. The molecule has 0 atom stereocenters. The maximum Gasteiger partial charge on any atom is 0.355 e. The summed E-state index contributed by atoms with van der Waals surface area (Å²) < 4.78 is 21.5. The molecule has 0 spiro atoms. The number of halogens is 1. The van der Waals surface area contributed by atoms with Gasteiger partial charge in [0.1, 0.15) is 0 Å². The van der Waals surface area contributed by atoms with Gasteiger partial charge in [-0.05, 0) is 87.7 Å². The number of anilines is 4. The fourth-order valence-electron chi connectivity index (χ4n) is 5.18. The van der Waals surface area contributed by atoms with Gasteiger partial charge in [0.25, 0.3) is 0 Å². The molecule has 2 N–H and O–H groups in total. The Morgan fingerprint density at radius 3 is 2.70 bits per heavy atom. The SMILES string of the molecule is Cc1cc(N(C)c2nc(C(=O)O)c(CCCOc3ccc(C#CCN4CCCCC4)cc3F)s2)nnc1Nc1nc2ccccc2s1. The Labute approximate surface area is 280 Å². The molecule has 0 unspecified atom stereocenters. The molecule has 3 aromatic heterocycles. The van der Waals surface area contributed by atoms with E-state index in [4.69, 9.17) is 4.74 Å². The number of hydrogen-bond acceptors (Lipinski definition) is 11. The molecule has 1 aliphatic rings. The number of hydrogen-bond donors (Lipinski definition) is 2. The number of rotatable bonds is 11. The maximum atomic E-state index is 14.7. The van der Waals surface area contributed by atoms with Crippen molar-refractivity contribution < 1.29 is 19.0 Å². The average molecular weight is 672 g/mol. The second kappa shape index (κ2) is 14.8. The maximum absolute atomic E-state index is 14.7. The summed E-state index contributed by atoms with van der Waals surface area (Å²) in [6.45, 7) is 4.95. The van der Waals surface area contributed by atoms with E-state index in [0.717, 1.165) is 34.0 Å². The minimum absolute atomic E-state index is 0.0192. The van der Waals surface area contributed by atoms with Crippen molar-refractivity contribution in [3.8, 4) is 17.6 Å². The Balaban J connectivity index is 1.04. The van der Waals surface area contributed by atoms with Gasteiger partial charge in [-0.2, -0.15) is 0 Å². The third-order valence-electron chi connectivity index (χ3n) is 7.73. The molecule has 0 aliphatic carbocycles. The number of aryl methyl sites for hydroxylation is 2. The third kappa shape index (κ3) is 8.02. The molecule has 47 heavy (non-hydrogen) atoms. The molecule has 13 heteroatoms. The smallest absolute Gasteiger partial charge is 0.355 e. The third-order valence-corrected chi connectivity index (χ3v) is 9.88. The number of aromatic nitrogens is 4. The lowest BCUT2D eigenvalue weighted by molar-refractivity contribution is 0.0690. The summed E-state index contributed by atoms with van der Waals surface area (Å²) in [5.41, 5.74) is 2.35. The number of fused-ring (bicyclic) bond motifs is 1. The zero-order chi connectivity index (χ0) is 32.8. The monoisotopic (exact) mass is 671 g/mol. The molecule has 0 saturated carbocycles. The van der Waals surface area contributed by atoms with Gasteiger partial charge in [-0.1, -0.05) is 41.7 Å². The van der Waals surface area contributed by atoms with E-state index >= 15 is 0 Å². The first-order valence-corrected chi connectivity index (χ1v) is 17.0. The largest absolute Gasteiger partial charge is 0.491 e. The minimum Gasteiger partial charge on any atom is -0.491 e. The van der Waals surface area contributed by atoms with Gasteiger partial charge in [0.2, 0.25) is 0 Å². The normalized spacial score (nSPS) is 13.3. The number of para-hydroxylation sites is 1. The van der Waals surface area contributed by atoms with Crippen molar-refractivity contribution in [3.05, 3.63) is 76.0 Å². The lowest BCUT2D eigenvalue weighted by Gasteiger charge is -2.23. The second-order valence-corrected chi connectivity index (χ2v) is 13.3. The number of nitrogens with zero attached hydrogens (tertiary/aromatic N) is 6. The molecule has 1 aliphatic heterocycles. The van der Waals surface area contributed by atoms with Gasteiger partial charge in [-0.15, -0.1) is 21.5 Å². The number of nitrogens with one attached hydrogen (secondary N) is 1. The van der Waals surface area contributed by atoms with Crippen LogP contribution in [0.4, 0.5) is 26.3 Å². The van der Waals surface area contributed by atoms with Crippen molar-refractivity contribution in [2.24, 2.45) is 0 Å². The van der Waals surface area contributed by atoms with Crippen LogP contribution in [0.3, 0.4) is 0 Å². The quantitative estimate of drug-likeness (QED) is 0.112. The van der Waals surface area contributed by atoms with Crippen LogP contribution in [0.25, 0.3) is 10.2 Å². The van der Waals surface area contributed by atoms with E-state index in [2.05, 4.69) is 42.2 Å². The predicted octanol–water partition coefficient (Wildman–Crippen LogP) is 7.05. The Bertz CT molecular complexity index is 1910. The van der Waals surface area contributed by atoms with Crippen LogP contribution in [0.15, 0.2) is 48.5 Å². The highest BCUT2D eigenvalue weighted by molar-refractivity contribution is 7.22. The van der Waals surface area contributed by atoms with Crippen LogP contribution in [0.2, 0.25) is 0 Å². The van der Waals surface area contributed by atoms with Gasteiger partial charge in [-0.25, -0.2) is 19.2 Å². The first kappa shape index (κ1) is 32.3. The number of carbonyl (C=O) groups is 1. The molecule has 0 bridgehead atoms. The van der Waals surface area contributed by atoms with E-state index in [0.29, 0.717) is 46.6 Å². The van der Waals surface area contributed by atoms with Crippen LogP contribution in [-0.4, -0.2) is 69.4 Å². The Morgan fingerprint density at radius 1 is 1.11 bits per heavy atom. The number of thiazole rings is 2. The van der Waals surface area contributed by atoms with E-state index in [-0.39, 0.29) is 18.1 Å². The van der Waals surface area contributed by atoms with E-state index in [1.54, 1.807) is 24.1 Å². The highest BCUT2D eigenvalue weighted by Crippen LogP contribution is 2.33. The average Bonchev–Trinajstić information content (AvgIpc) is 3.69. The molecular weight excluding hydrogens is 638 g/mol. The molecule has 0 amide bonds. The van der Waals surface area contributed by atoms with Crippen molar-refractivity contribution in [1.82, 2.24) is 25.1 Å². The highest BCUT2D eigenvalue weighted by atomic mass is 32.1. The number of carboxylic acids is 1. The van der Waals surface area contributed by atoms with Crippen LogP contribution < -0.4 is 15.0 Å². The van der Waals surface area contributed by atoms with Crippen LogP contribution in [-0.2, 0) is 6.42 Å². The van der Waals surface area contributed by atoms with Gasteiger partial charge in [0.05, 0.1) is 23.4 Å².